The Hall–Kier alpha value is -1.39. The maximum atomic E-state index is 11.4. The number of hydrogen-bond donors (Lipinski definition) is 1. The molecule has 0 spiro atoms. The summed E-state index contributed by atoms with van der Waals surface area (Å²) in [7, 11) is 1.39. The molecule has 4 nitrogen and oxygen atoms in total. The molecule has 17 heavy (non-hydrogen) atoms. The monoisotopic (exact) mass is 235 g/mol. The molecule has 2 unspecified atom stereocenters. The molecule has 0 aliphatic carbocycles. The second kappa shape index (κ2) is 5.29. The average molecular weight is 235 g/mol. The molecule has 0 bridgehead atoms. The van der Waals surface area contributed by atoms with Crippen LogP contribution in [0.5, 0.6) is 0 Å². The van der Waals surface area contributed by atoms with Gasteiger partial charge < -0.3 is 9.47 Å². The van der Waals surface area contributed by atoms with Crippen molar-refractivity contribution in [1.82, 2.24) is 5.32 Å². The Balaban J connectivity index is 2.11. The average Bonchev–Trinajstić information content (AvgIpc) is 2.38. The van der Waals surface area contributed by atoms with Crippen molar-refractivity contribution < 1.29 is 14.3 Å². The molecule has 0 amide bonds. The quantitative estimate of drug-likeness (QED) is 0.805. The van der Waals surface area contributed by atoms with Crippen molar-refractivity contribution in [3.63, 3.8) is 0 Å². The smallest absolute Gasteiger partial charge is 0.322 e. The number of methoxy groups -OCH3 is 1. The molecule has 1 aromatic carbocycles. The van der Waals surface area contributed by atoms with Gasteiger partial charge in [-0.15, -0.1) is 0 Å². The lowest BCUT2D eigenvalue weighted by Gasteiger charge is -2.28. The first-order valence-corrected chi connectivity index (χ1v) is 5.72. The fourth-order valence-corrected chi connectivity index (χ4v) is 2.07. The van der Waals surface area contributed by atoms with Crippen LogP contribution in [0.4, 0.5) is 0 Å². The maximum absolute atomic E-state index is 11.4. The number of fused-ring (bicyclic) bond motifs is 1. The van der Waals surface area contributed by atoms with E-state index >= 15 is 0 Å². The maximum Gasteiger partial charge on any atom is 0.322 e. The van der Waals surface area contributed by atoms with E-state index in [4.69, 9.17) is 9.47 Å². The summed E-state index contributed by atoms with van der Waals surface area (Å²) in [5.41, 5.74) is 2.38. The third-order valence-corrected chi connectivity index (χ3v) is 2.98. The third-order valence-electron chi connectivity index (χ3n) is 2.98. The number of carbonyl (C=O) groups excluding carboxylic acids is 1. The molecular formula is C13H17NO3. The van der Waals surface area contributed by atoms with E-state index in [1.54, 1.807) is 6.92 Å². The van der Waals surface area contributed by atoms with Crippen molar-refractivity contribution in [2.45, 2.75) is 25.6 Å². The van der Waals surface area contributed by atoms with E-state index in [9.17, 15) is 4.79 Å². The summed E-state index contributed by atoms with van der Waals surface area (Å²) in [4.78, 5) is 11.4. The SMILES string of the molecule is COC(=O)C(C)NC1COCc2ccccc21. The first-order valence-electron chi connectivity index (χ1n) is 5.72. The summed E-state index contributed by atoms with van der Waals surface area (Å²) in [6.07, 6.45) is 0. The Labute approximate surface area is 101 Å². The molecular weight excluding hydrogens is 218 g/mol. The standard InChI is InChI=1S/C13H17NO3/c1-9(13(15)16-2)14-12-8-17-7-10-5-3-4-6-11(10)12/h3-6,9,12,14H,7-8H2,1-2H3. The zero-order valence-corrected chi connectivity index (χ0v) is 10.1. The van der Waals surface area contributed by atoms with Crippen molar-refractivity contribution in [2.24, 2.45) is 0 Å². The van der Waals surface area contributed by atoms with E-state index in [-0.39, 0.29) is 18.1 Å². The molecule has 92 valence electrons. The first kappa shape index (κ1) is 12.1. The Bertz CT molecular complexity index is 405. The number of carbonyl (C=O) groups is 1. The van der Waals surface area contributed by atoms with E-state index in [1.807, 2.05) is 18.2 Å². The topological polar surface area (TPSA) is 47.6 Å². The minimum Gasteiger partial charge on any atom is -0.468 e. The lowest BCUT2D eigenvalue weighted by atomic mass is 9.98. The van der Waals surface area contributed by atoms with Crippen LogP contribution in [-0.2, 0) is 20.9 Å². The molecule has 1 aliphatic heterocycles. The predicted octanol–water partition coefficient (Wildman–Crippen LogP) is 1.41. The molecule has 0 saturated heterocycles. The Morgan fingerprint density at radius 1 is 1.53 bits per heavy atom. The highest BCUT2D eigenvalue weighted by Crippen LogP contribution is 2.24. The summed E-state index contributed by atoms with van der Waals surface area (Å²) in [5, 5.41) is 3.23. The van der Waals surface area contributed by atoms with Gasteiger partial charge in [-0.3, -0.25) is 10.1 Å². The lowest BCUT2D eigenvalue weighted by molar-refractivity contribution is -0.143. The Kier molecular flexibility index (Phi) is 3.76. The number of ether oxygens (including phenoxy) is 2. The summed E-state index contributed by atoms with van der Waals surface area (Å²) in [6.45, 7) is 3.02. The molecule has 1 heterocycles. The van der Waals surface area contributed by atoms with Gasteiger partial charge in [-0.05, 0) is 18.1 Å². The van der Waals surface area contributed by atoms with Crippen molar-refractivity contribution in [1.29, 1.82) is 0 Å². The molecule has 2 atom stereocenters. The molecule has 0 fully saturated rings. The molecule has 1 aromatic rings. The van der Waals surface area contributed by atoms with Crippen LogP contribution in [0.15, 0.2) is 24.3 Å². The highest BCUT2D eigenvalue weighted by molar-refractivity contribution is 5.75. The molecule has 2 rings (SSSR count). The highest BCUT2D eigenvalue weighted by Gasteiger charge is 2.24. The van der Waals surface area contributed by atoms with Crippen molar-refractivity contribution >= 4 is 5.97 Å². The molecule has 0 aromatic heterocycles. The van der Waals surface area contributed by atoms with Crippen LogP contribution in [-0.4, -0.2) is 25.7 Å². The van der Waals surface area contributed by atoms with Gasteiger partial charge in [0.15, 0.2) is 0 Å². The van der Waals surface area contributed by atoms with Gasteiger partial charge in [0.25, 0.3) is 0 Å². The lowest BCUT2D eigenvalue weighted by Crippen LogP contribution is -2.40. The summed E-state index contributed by atoms with van der Waals surface area (Å²) in [6, 6.07) is 7.83. The zero-order valence-electron chi connectivity index (χ0n) is 10.1. The van der Waals surface area contributed by atoms with Gasteiger partial charge in [-0.2, -0.15) is 0 Å². The first-order chi connectivity index (χ1) is 8.22. The second-order valence-corrected chi connectivity index (χ2v) is 4.18. The second-order valence-electron chi connectivity index (χ2n) is 4.18. The molecule has 0 radical (unpaired) electrons. The minimum absolute atomic E-state index is 0.0500. The molecule has 1 aliphatic rings. The van der Waals surface area contributed by atoms with E-state index in [0.29, 0.717) is 13.2 Å². The highest BCUT2D eigenvalue weighted by atomic mass is 16.5. The number of nitrogens with one attached hydrogen (secondary N) is 1. The van der Waals surface area contributed by atoms with Gasteiger partial charge in [-0.25, -0.2) is 0 Å². The van der Waals surface area contributed by atoms with Gasteiger partial charge in [0.2, 0.25) is 0 Å². The summed E-state index contributed by atoms with van der Waals surface area (Å²) < 4.78 is 10.2. The van der Waals surface area contributed by atoms with Gasteiger partial charge in [0, 0.05) is 0 Å². The zero-order chi connectivity index (χ0) is 12.3. The van der Waals surface area contributed by atoms with Crippen molar-refractivity contribution in [3.05, 3.63) is 35.4 Å². The fourth-order valence-electron chi connectivity index (χ4n) is 2.07. The van der Waals surface area contributed by atoms with Gasteiger partial charge in [0.05, 0.1) is 26.4 Å². The van der Waals surface area contributed by atoms with E-state index in [0.717, 1.165) is 0 Å². The van der Waals surface area contributed by atoms with E-state index < -0.39 is 0 Å². The number of rotatable bonds is 3. The summed E-state index contributed by atoms with van der Waals surface area (Å²) in [5.74, 6) is -0.256. The normalized spacial score (nSPS) is 20.5. The van der Waals surface area contributed by atoms with Gasteiger partial charge in [-0.1, -0.05) is 24.3 Å². The van der Waals surface area contributed by atoms with Crippen LogP contribution in [0.25, 0.3) is 0 Å². The fraction of sp³-hybridized carbons (Fsp3) is 0.462. The number of benzene rings is 1. The molecule has 4 heteroatoms. The third kappa shape index (κ3) is 2.65. The van der Waals surface area contributed by atoms with Crippen LogP contribution in [0.3, 0.4) is 0 Å². The van der Waals surface area contributed by atoms with Gasteiger partial charge >= 0.3 is 5.97 Å². The van der Waals surface area contributed by atoms with Crippen LogP contribution >= 0.6 is 0 Å². The molecule has 1 N–H and O–H groups in total. The van der Waals surface area contributed by atoms with Crippen LogP contribution in [0, 0.1) is 0 Å². The predicted molar refractivity (Wildman–Crippen MR) is 63.5 cm³/mol. The van der Waals surface area contributed by atoms with Crippen molar-refractivity contribution in [3.8, 4) is 0 Å². The van der Waals surface area contributed by atoms with Crippen LogP contribution in [0.2, 0.25) is 0 Å². The van der Waals surface area contributed by atoms with Crippen LogP contribution in [0.1, 0.15) is 24.1 Å². The van der Waals surface area contributed by atoms with E-state index in [2.05, 4.69) is 11.4 Å². The largest absolute Gasteiger partial charge is 0.468 e. The van der Waals surface area contributed by atoms with Gasteiger partial charge in [0.1, 0.15) is 6.04 Å². The number of esters is 1. The Morgan fingerprint density at radius 2 is 2.29 bits per heavy atom. The van der Waals surface area contributed by atoms with Crippen molar-refractivity contribution in [2.75, 3.05) is 13.7 Å². The number of hydrogen-bond acceptors (Lipinski definition) is 4. The Morgan fingerprint density at radius 3 is 3.06 bits per heavy atom. The van der Waals surface area contributed by atoms with Crippen LogP contribution < -0.4 is 5.32 Å². The van der Waals surface area contributed by atoms with E-state index in [1.165, 1.54) is 18.2 Å². The molecule has 0 saturated carbocycles. The minimum atomic E-state index is -0.334. The summed E-state index contributed by atoms with van der Waals surface area (Å²) >= 11 is 0.